The van der Waals surface area contributed by atoms with Crippen molar-refractivity contribution in [2.24, 2.45) is 5.92 Å². The molecule has 1 amide bonds. The first-order valence-electron chi connectivity index (χ1n) is 9.84. The van der Waals surface area contributed by atoms with Gasteiger partial charge >= 0.3 is 5.69 Å². The molecule has 3 aromatic rings. The summed E-state index contributed by atoms with van der Waals surface area (Å²) in [5.74, 6) is 0.862. The number of aryl methyl sites for hydroxylation is 1. The van der Waals surface area contributed by atoms with Gasteiger partial charge in [0.2, 0.25) is 0 Å². The molecule has 1 fully saturated rings. The highest BCUT2D eigenvalue weighted by atomic mass is 35.5. The van der Waals surface area contributed by atoms with Gasteiger partial charge in [0, 0.05) is 25.7 Å². The Morgan fingerprint density at radius 3 is 2.67 bits per heavy atom. The summed E-state index contributed by atoms with van der Waals surface area (Å²) in [7, 11) is 0. The molecule has 0 spiro atoms. The second kappa shape index (κ2) is 8.31. The Labute approximate surface area is 177 Å². The number of nitrogens with zero attached hydrogens (tertiary/aromatic N) is 3. The predicted molar refractivity (Wildman–Crippen MR) is 113 cm³/mol. The zero-order valence-corrected chi connectivity index (χ0v) is 17.3. The zero-order valence-electron chi connectivity index (χ0n) is 16.5. The van der Waals surface area contributed by atoms with Crippen molar-refractivity contribution in [3.8, 4) is 5.69 Å². The van der Waals surface area contributed by atoms with E-state index in [9.17, 15) is 14.4 Å². The Morgan fingerprint density at radius 2 is 1.97 bits per heavy atom. The van der Waals surface area contributed by atoms with Crippen LogP contribution in [0.15, 0.2) is 46.1 Å². The summed E-state index contributed by atoms with van der Waals surface area (Å²) in [4.78, 5) is 40.7. The minimum atomic E-state index is -0.411. The molecule has 0 unspecified atom stereocenters. The largest absolute Gasteiger partial charge is 0.347 e. The van der Waals surface area contributed by atoms with Gasteiger partial charge in [-0.05, 0) is 43.4 Å². The molecule has 0 saturated carbocycles. The molecule has 156 valence electrons. The zero-order chi connectivity index (χ0) is 21.3. The fourth-order valence-corrected chi connectivity index (χ4v) is 4.06. The molecule has 1 saturated heterocycles. The number of benzene rings is 1. The van der Waals surface area contributed by atoms with E-state index in [2.05, 4.69) is 15.2 Å². The van der Waals surface area contributed by atoms with Crippen LogP contribution in [0.3, 0.4) is 0 Å². The molecule has 30 heavy (non-hydrogen) atoms. The van der Waals surface area contributed by atoms with E-state index in [4.69, 9.17) is 11.6 Å². The summed E-state index contributed by atoms with van der Waals surface area (Å²) in [5, 5.41) is 6.81. The molecule has 1 aromatic carbocycles. The van der Waals surface area contributed by atoms with Crippen LogP contribution in [-0.2, 0) is 6.42 Å². The van der Waals surface area contributed by atoms with Crippen LogP contribution in [0.2, 0.25) is 5.02 Å². The van der Waals surface area contributed by atoms with Crippen LogP contribution >= 0.6 is 11.6 Å². The number of aromatic amines is 2. The summed E-state index contributed by atoms with van der Waals surface area (Å²) in [5.41, 5.74) is 1.54. The van der Waals surface area contributed by atoms with Crippen molar-refractivity contribution in [2.45, 2.75) is 26.2 Å². The average molecular weight is 428 g/mol. The molecule has 1 aliphatic rings. The van der Waals surface area contributed by atoms with Crippen molar-refractivity contribution in [2.75, 3.05) is 13.1 Å². The average Bonchev–Trinajstić information content (AvgIpc) is 3.10. The summed E-state index contributed by atoms with van der Waals surface area (Å²) in [6.45, 7) is 3.16. The number of hydrogen-bond donors (Lipinski definition) is 2. The normalized spacial score (nSPS) is 14.8. The van der Waals surface area contributed by atoms with Crippen LogP contribution in [0.1, 0.15) is 34.6 Å². The highest BCUT2D eigenvalue weighted by Gasteiger charge is 2.26. The van der Waals surface area contributed by atoms with Crippen LogP contribution in [0.4, 0.5) is 0 Å². The van der Waals surface area contributed by atoms with E-state index in [1.807, 2.05) is 31.2 Å². The highest BCUT2D eigenvalue weighted by molar-refractivity contribution is 6.30. The molecular formula is C21H22ClN5O3. The maximum Gasteiger partial charge on any atom is 0.347 e. The summed E-state index contributed by atoms with van der Waals surface area (Å²) < 4.78 is 1.63. The number of H-pyrrole nitrogens is 2. The molecule has 3 heterocycles. The van der Waals surface area contributed by atoms with Gasteiger partial charge in [0.1, 0.15) is 10.8 Å². The Bertz CT molecular complexity index is 1190. The number of aromatic nitrogens is 4. The molecule has 4 rings (SSSR count). The van der Waals surface area contributed by atoms with Crippen LogP contribution in [-0.4, -0.2) is 43.6 Å². The lowest BCUT2D eigenvalue weighted by Gasteiger charge is -2.32. The van der Waals surface area contributed by atoms with Crippen LogP contribution in [0, 0.1) is 12.8 Å². The van der Waals surface area contributed by atoms with E-state index >= 15 is 0 Å². The smallest absolute Gasteiger partial charge is 0.339 e. The standard InChI is InChI=1S/C21H22ClN5O3/c1-13-4-2-3-5-17(13)27-18(24-25-21(27)30)10-14-6-8-26(9-7-14)20(29)15-11-16(22)19(28)23-12-15/h2-5,11-12,14H,6-10H2,1H3,(H,23,28)(H,25,30). The molecule has 8 nitrogen and oxygen atoms in total. The van der Waals surface area contributed by atoms with E-state index < -0.39 is 5.56 Å². The minimum Gasteiger partial charge on any atom is -0.339 e. The quantitative estimate of drug-likeness (QED) is 0.666. The predicted octanol–water partition coefficient (Wildman–Crippen LogP) is 2.31. The van der Waals surface area contributed by atoms with Gasteiger partial charge < -0.3 is 9.88 Å². The SMILES string of the molecule is Cc1ccccc1-n1c(CC2CCN(C(=O)c3c[nH]c(=O)c(Cl)c3)CC2)n[nH]c1=O. The third-order valence-electron chi connectivity index (χ3n) is 5.58. The number of pyridine rings is 1. The van der Waals surface area contributed by atoms with Gasteiger partial charge in [0.15, 0.2) is 0 Å². The Kier molecular flexibility index (Phi) is 5.59. The fourth-order valence-electron chi connectivity index (χ4n) is 3.89. The van der Waals surface area contributed by atoms with Crippen molar-refractivity contribution >= 4 is 17.5 Å². The number of carbonyl (C=O) groups excluding carboxylic acids is 1. The third kappa shape index (κ3) is 3.95. The first kappa shape index (κ1) is 20.2. The summed E-state index contributed by atoms with van der Waals surface area (Å²) >= 11 is 5.84. The van der Waals surface area contributed by atoms with Gasteiger partial charge in [-0.2, -0.15) is 5.10 Å². The first-order chi connectivity index (χ1) is 14.4. The molecule has 2 N–H and O–H groups in total. The number of hydrogen-bond acceptors (Lipinski definition) is 4. The number of likely N-dealkylation sites (tertiary alicyclic amines) is 1. The summed E-state index contributed by atoms with van der Waals surface area (Å²) in [6.07, 6.45) is 3.65. The minimum absolute atomic E-state index is 0.00319. The van der Waals surface area contributed by atoms with Crippen LogP contribution < -0.4 is 11.2 Å². The van der Waals surface area contributed by atoms with E-state index in [1.165, 1.54) is 12.3 Å². The fraction of sp³-hybridized carbons (Fsp3) is 0.333. The van der Waals surface area contributed by atoms with Gasteiger partial charge in [-0.15, -0.1) is 0 Å². The Hall–Kier alpha value is -3.13. The van der Waals surface area contributed by atoms with Gasteiger partial charge in [-0.1, -0.05) is 29.8 Å². The first-order valence-corrected chi connectivity index (χ1v) is 10.2. The van der Waals surface area contributed by atoms with Crippen molar-refractivity contribution in [3.63, 3.8) is 0 Å². The summed E-state index contributed by atoms with van der Waals surface area (Å²) in [6, 6.07) is 9.11. The van der Waals surface area contributed by atoms with E-state index in [-0.39, 0.29) is 16.6 Å². The maximum atomic E-state index is 12.7. The Morgan fingerprint density at radius 1 is 1.23 bits per heavy atom. The number of carbonyl (C=O) groups is 1. The number of para-hydroxylation sites is 1. The number of rotatable bonds is 4. The van der Waals surface area contributed by atoms with Crippen molar-refractivity contribution < 1.29 is 4.79 Å². The number of nitrogens with one attached hydrogen (secondary N) is 2. The lowest BCUT2D eigenvalue weighted by atomic mass is 9.93. The van der Waals surface area contributed by atoms with E-state index in [0.717, 1.165) is 24.1 Å². The third-order valence-corrected chi connectivity index (χ3v) is 5.86. The Balaban J connectivity index is 1.44. The second-order valence-electron chi connectivity index (χ2n) is 7.57. The van der Waals surface area contributed by atoms with Gasteiger partial charge in [0.05, 0.1) is 11.3 Å². The van der Waals surface area contributed by atoms with Crippen molar-refractivity contribution in [1.82, 2.24) is 24.6 Å². The van der Waals surface area contributed by atoms with Gasteiger partial charge in [0.25, 0.3) is 11.5 Å². The topological polar surface area (TPSA) is 104 Å². The van der Waals surface area contributed by atoms with E-state index in [0.29, 0.717) is 36.8 Å². The van der Waals surface area contributed by atoms with Crippen molar-refractivity contribution in [1.29, 1.82) is 0 Å². The highest BCUT2D eigenvalue weighted by Crippen LogP contribution is 2.23. The maximum absolute atomic E-state index is 12.7. The van der Waals surface area contributed by atoms with Crippen LogP contribution in [0.25, 0.3) is 5.69 Å². The lowest BCUT2D eigenvalue weighted by molar-refractivity contribution is 0.0689. The number of piperidine rings is 1. The molecule has 2 aromatic heterocycles. The van der Waals surface area contributed by atoms with E-state index in [1.54, 1.807) is 9.47 Å². The van der Waals surface area contributed by atoms with Gasteiger partial charge in [-0.3, -0.25) is 9.59 Å². The lowest BCUT2D eigenvalue weighted by Crippen LogP contribution is -2.39. The number of amides is 1. The monoisotopic (exact) mass is 427 g/mol. The number of halogens is 1. The molecular weight excluding hydrogens is 406 g/mol. The molecule has 0 radical (unpaired) electrons. The molecule has 0 aliphatic carbocycles. The molecule has 0 atom stereocenters. The molecule has 1 aliphatic heterocycles. The van der Waals surface area contributed by atoms with Gasteiger partial charge in [-0.25, -0.2) is 14.5 Å². The second-order valence-corrected chi connectivity index (χ2v) is 7.98. The molecule has 0 bridgehead atoms. The van der Waals surface area contributed by atoms with Crippen LogP contribution in [0.5, 0.6) is 0 Å². The molecule has 9 heteroatoms. The van der Waals surface area contributed by atoms with Crippen molar-refractivity contribution in [3.05, 3.63) is 79.3 Å².